The summed E-state index contributed by atoms with van der Waals surface area (Å²) in [5, 5.41) is 6.84. The number of amides is 2. The summed E-state index contributed by atoms with van der Waals surface area (Å²) in [5.74, 6) is 1.26. The fourth-order valence-corrected chi connectivity index (χ4v) is 3.26. The van der Waals surface area contributed by atoms with Crippen LogP contribution in [0.2, 0.25) is 0 Å². The number of hydrogen-bond donors (Lipinski definition) is 2. The normalized spacial score (nSPS) is 13.4. The molecule has 2 amide bonds. The second-order valence-electron chi connectivity index (χ2n) is 6.07. The van der Waals surface area contributed by atoms with Gasteiger partial charge in [-0.2, -0.15) is 11.8 Å². The molecular weight excluding hydrogens is 336 g/mol. The minimum atomic E-state index is -0.521. The molecule has 0 saturated carbocycles. The highest BCUT2D eigenvalue weighted by Crippen LogP contribution is 2.29. The van der Waals surface area contributed by atoms with E-state index in [1.165, 1.54) is 0 Å². The van der Waals surface area contributed by atoms with Crippen molar-refractivity contribution in [2.45, 2.75) is 45.7 Å². The van der Waals surface area contributed by atoms with Gasteiger partial charge in [-0.05, 0) is 38.3 Å². The van der Waals surface area contributed by atoms with Crippen LogP contribution in [0.25, 0.3) is 11.0 Å². The van der Waals surface area contributed by atoms with Gasteiger partial charge in [-0.3, -0.25) is 9.59 Å². The number of fused-ring (bicyclic) bond motifs is 1. The fourth-order valence-electron chi connectivity index (χ4n) is 2.79. The van der Waals surface area contributed by atoms with Gasteiger partial charge < -0.3 is 15.1 Å². The quantitative estimate of drug-likeness (QED) is 0.753. The van der Waals surface area contributed by atoms with E-state index in [1.807, 2.05) is 44.4 Å². The molecule has 0 unspecified atom stereocenters. The van der Waals surface area contributed by atoms with Crippen molar-refractivity contribution in [1.29, 1.82) is 0 Å². The lowest BCUT2D eigenvalue weighted by molar-refractivity contribution is -0.129. The van der Waals surface area contributed by atoms with Gasteiger partial charge in [0.25, 0.3) is 0 Å². The number of aryl methyl sites for hydroxylation is 1. The van der Waals surface area contributed by atoms with E-state index >= 15 is 0 Å². The summed E-state index contributed by atoms with van der Waals surface area (Å²) in [6.07, 6.45) is 2.95. The van der Waals surface area contributed by atoms with Crippen LogP contribution >= 0.6 is 11.8 Å². The van der Waals surface area contributed by atoms with Crippen LogP contribution in [0.4, 0.5) is 0 Å². The predicted molar refractivity (Wildman–Crippen MR) is 103 cm³/mol. The van der Waals surface area contributed by atoms with Crippen molar-refractivity contribution in [3.05, 3.63) is 35.6 Å². The van der Waals surface area contributed by atoms with Crippen molar-refractivity contribution in [1.82, 2.24) is 10.6 Å². The number of nitrogens with one attached hydrogen (secondary N) is 2. The van der Waals surface area contributed by atoms with Crippen LogP contribution in [0.15, 0.2) is 28.7 Å². The largest absolute Gasteiger partial charge is 0.459 e. The molecule has 1 aromatic carbocycles. The van der Waals surface area contributed by atoms with Crippen molar-refractivity contribution >= 4 is 34.5 Å². The Morgan fingerprint density at radius 2 is 1.96 bits per heavy atom. The maximum Gasteiger partial charge on any atom is 0.243 e. The monoisotopic (exact) mass is 362 g/mol. The topological polar surface area (TPSA) is 71.3 Å². The fraction of sp³-hybridized carbons (Fsp3) is 0.474. The predicted octanol–water partition coefficient (Wildman–Crippen LogP) is 3.57. The minimum absolute atomic E-state index is 0.117. The van der Waals surface area contributed by atoms with Gasteiger partial charge in [0.1, 0.15) is 17.4 Å². The zero-order chi connectivity index (χ0) is 18.4. The van der Waals surface area contributed by atoms with Gasteiger partial charge in [-0.25, -0.2) is 0 Å². The molecule has 5 nitrogen and oxygen atoms in total. The molecule has 2 atom stereocenters. The van der Waals surface area contributed by atoms with Crippen molar-refractivity contribution in [3.63, 3.8) is 0 Å². The highest BCUT2D eigenvalue weighted by atomic mass is 32.2. The third-order valence-electron chi connectivity index (χ3n) is 4.22. The first-order valence-electron chi connectivity index (χ1n) is 8.54. The number of carbonyl (C=O) groups is 2. The minimum Gasteiger partial charge on any atom is -0.459 e. The number of rotatable bonds is 8. The van der Waals surface area contributed by atoms with Crippen molar-refractivity contribution in [3.8, 4) is 0 Å². The molecule has 0 fully saturated rings. The summed E-state index contributed by atoms with van der Waals surface area (Å²) in [7, 11) is 0. The second-order valence-corrected chi connectivity index (χ2v) is 7.06. The van der Waals surface area contributed by atoms with Crippen LogP contribution in [-0.2, 0) is 9.59 Å². The Morgan fingerprint density at radius 1 is 1.24 bits per heavy atom. The third kappa shape index (κ3) is 4.78. The Bertz CT molecular complexity index is 741. The summed E-state index contributed by atoms with van der Waals surface area (Å²) in [6, 6.07) is 7.04. The molecule has 2 rings (SSSR count). The Hall–Kier alpha value is -1.95. The summed E-state index contributed by atoms with van der Waals surface area (Å²) in [5.41, 5.74) is 1.84. The van der Waals surface area contributed by atoms with Crippen LogP contribution in [0, 0.1) is 6.92 Å². The lowest BCUT2D eigenvalue weighted by atomic mass is 10.1. The summed E-state index contributed by atoms with van der Waals surface area (Å²) in [6.45, 7) is 5.67. The molecule has 0 aliphatic carbocycles. The summed E-state index contributed by atoms with van der Waals surface area (Å²) >= 11 is 1.65. The molecule has 0 saturated heterocycles. The number of carbonyl (C=O) groups excluding carboxylic acids is 2. The van der Waals surface area contributed by atoms with E-state index in [0.29, 0.717) is 12.8 Å². The number of hydrogen-bond acceptors (Lipinski definition) is 4. The first kappa shape index (κ1) is 19.4. The maximum absolute atomic E-state index is 12.6. The van der Waals surface area contributed by atoms with Gasteiger partial charge in [0.2, 0.25) is 11.8 Å². The SMILES string of the molecule is CCC(=O)N[C@@H](CCSC)C(=O)N[C@@H](C)c1oc2ccccc2c1C. The van der Waals surface area contributed by atoms with E-state index in [4.69, 9.17) is 4.42 Å². The molecular formula is C19H26N2O3S. The van der Waals surface area contributed by atoms with E-state index in [1.54, 1.807) is 18.7 Å². The van der Waals surface area contributed by atoms with Crippen LogP contribution in [0.5, 0.6) is 0 Å². The lowest BCUT2D eigenvalue weighted by Crippen LogP contribution is -2.47. The molecule has 25 heavy (non-hydrogen) atoms. The zero-order valence-corrected chi connectivity index (χ0v) is 16.0. The molecule has 6 heteroatoms. The Balaban J connectivity index is 2.12. The van der Waals surface area contributed by atoms with Crippen LogP contribution < -0.4 is 10.6 Å². The number of thioether (sulfide) groups is 1. The van der Waals surface area contributed by atoms with Crippen molar-refractivity contribution in [2.24, 2.45) is 0 Å². The van der Waals surface area contributed by atoms with E-state index < -0.39 is 6.04 Å². The van der Waals surface area contributed by atoms with Gasteiger partial charge in [0, 0.05) is 17.4 Å². The smallest absolute Gasteiger partial charge is 0.243 e. The van der Waals surface area contributed by atoms with Gasteiger partial charge in [0.05, 0.1) is 6.04 Å². The number of benzene rings is 1. The van der Waals surface area contributed by atoms with Gasteiger partial charge >= 0.3 is 0 Å². The molecule has 1 aromatic heterocycles. The average molecular weight is 362 g/mol. The zero-order valence-electron chi connectivity index (χ0n) is 15.2. The Kier molecular flexibility index (Phi) is 6.93. The molecule has 0 aliphatic heterocycles. The van der Waals surface area contributed by atoms with Gasteiger partial charge in [-0.1, -0.05) is 25.1 Å². The van der Waals surface area contributed by atoms with E-state index in [2.05, 4.69) is 10.6 Å². The highest BCUT2D eigenvalue weighted by molar-refractivity contribution is 7.98. The van der Waals surface area contributed by atoms with Gasteiger partial charge in [0.15, 0.2) is 0 Å². The first-order chi connectivity index (χ1) is 12.0. The lowest BCUT2D eigenvalue weighted by Gasteiger charge is -2.20. The van der Waals surface area contributed by atoms with Crippen LogP contribution in [0.1, 0.15) is 44.1 Å². The molecule has 0 radical (unpaired) electrons. The molecule has 2 aromatic rings. The summed E-state index contributed by atoms with van der Waals surface area (Å²) < 4.78 is 5.92. The molecule has 0 bridgehead atoms. The van der Waals surface area contributed by atoms with Crippen molar-refractivity contribution in [2.75, 3.05) is 12.0 Å². The third-order valence-corrected chi connectivity index (χ3v) is 4.86. The molecule has 136 valence electrons. The Labute approximate surface area is 152 Å². The van der Waals surface area contributed by atoms with Gasteiger partial charge in [-0.15, -0.1) is 0 Å². The first-order valence-corrected chi connectivity index (χ1v) is 9.94. The Morgan fingerprint density at radius 3 is 2.60 bits per heavy atom. The van der Waals surface area contributed by atoms with E-state index in [9.17, 15) is 9.59 Å². The highest BCUT2D eigenvalue weighted by Gasteiger charge is 2.24. The molecule has 0 aliphatic rings. The van der Waals surface area contributed by atoms with Crippen molar-refractivity contribution < 1.29 is 14.0 Å². The summed E-state index contributed by atoms with van der Waals surface area (Å²) in [4.78, 5) is 24.3. The molecule has 0 spiro atoms. The standard InChI is InChI=1S/C19H26N2O3S/c1-5-17(22)21-15(10-11-25-4)19(23)20-13(3)18-12(2)14-8-6-7-9-16(14)24-18/h6-9,13,15H,5,10-11H2,1-4H3,(H,20,23)(H,21,22)/t13-,15-/m0/s1. The molecule has 2 N–H and O–H groups in total. The van der Waals surface area contributed by atoms with E-state index in [0.717, 1.165) is 28.0 Å². The number of para-hydroxylation sites is 1. The molecule has 1 heterocycles. The van der Waals surface area contributed by atoms with Crippen LogP contribution in [-0.4, -0.2) is 29.9 Å². The van der Waals surface area contributed by atoms with Crippen LogP contribution in [0.3, 0.4) is 0 Å². The average Bonchev–Trinajstić information content (AvgIpc) is 2.95. The van der Waals surface area contributed by atoms with E-state index in [-0.39, 0.29) is 17.9 Å². The second kappa shape index (κ2) is 8.94. The maximum atomic E-state index is 12.6. The number of furan rings is 1.